The predicted octanol–water partition coefficient (Wildman–Crippen LogP) is 27.7. The molecule has 2 atom stereocenters. The highest BCUT2D eigenvalue weighted by Gasteiger charge is 2.25. The fourth-order valence-corrected chi connectivity index (χ4v) is 13.4. The van der Waals surface area contributed by atoms with Crippen molar-refractivity contribution in [1.82, 2.24) is 0 Å². The van der Waals surface area contributed by atoms with E-state index in [1.165, 1.54) is 385 Å². The molecule has 1 N–H and O–H groups in total. The third-order valence-corrected chi connectivity index (χ3v) is 20.0. The number of carbonyl (C=O) groups is 3. The number of carboxylic acids is 1. The quantitative estimate of drug-likeness (QED) is 0.0211. The lowest BCUT2D eigenvalue weighted by atomic mass is 10.0. The Morgan fingerprint density at radius 2 is 0.562 bits per heavy atom. The summed E-state index contributed by atoms with van der Waals surface area (Å²) in [5.41, 5.74) is 0. The normalized spacial score (nSPS) is 12.6. The van der Waals surface area contributed by atoms with Gasteiger partial charge in [0, 0.05) is 12.8 Å². The summed E-state index contributed by atoms with van der Waals surface area (Å²) in [4.78, 5) is 37.8. The molecule has 96 heavy (non-hydrogen) atoms. The van der Waals surface area contributed by atoms with Crippen LogP contribution in [-0.2, 0) is 33.3 Å². The predicted molar refractivity (Wildman–Crippen MR) is 415 cm³/mol. The highest BCUT2D eigenvalue weighted by molar-refractivity contribution is 5.71. The Balaban J connectivity index is 3.91. The van der Waals surface area contributed by atoms with Crippen LogP contribution in [-0.4, -0.2) is 87.4 Å². The van der Waals surface area contributed by atoms with Gasteiger partial charge in [-0.3, -0.25) is 9.59 Å². The fourth-order valence-electron chi connectivity index (χ4n) is 13.4. The first kappa shape index (κ1) is 93.8. The summed E-state index contributed by atoms with van der Waals surface area (Å²) in [5, 5.41) is 9.78. The zero-order valence-corrected chi connectivity index (χ0v) is 65.3. The minimum Gasteiger partial charge on any atom is -0.477 e. The number of unbranched alkanes of at least 4 members (excludes halogenated alkanes) is 63. The second-order valence-electron chi connectivity index (χ2n) is 30.9. The van der Waals surface area contributed by atoms with Gasteiger partial charge in [0.25, 0.3) is 6.29 Å². The molecule has 0 fully saturated rings. The van der Waals surface area contributed by atoms with Gasteiger partial charge < -0.3 is 28.5 Å². The van der Waals surface area contributed by atoms with E-state index in [-0.39, 0.29) is 38.2 Å². The van der Waals surface area contributed by atoms with Crippen LogP contribution in [0.25, 0.3) is 0 Å². The van der Waals surface area contributed by atoms with Crippen LogP contribution < -0.4 is 0 Å². The molecule has 0 aliphatic rings. The lowest BCUT2D eigenvalue weighted by Gasteiger charge is -2.25. The maximum absolute atomic E-state index is 13.0. The number of quaternary nitrogens is 1. The van der Waals surface area contributed by atoms with E-state index in [9.17, 15) is 19.5 Å². The highest BCUT2D eigenvalue weighted by atomic mass is 16.7. The molecule has 9 heteroatoms. The Labute approximate surface area is 598 Å². The molecule has 0 spiro atoms. The van der Waals surface area contributed by atoms with Crippen molar-refractivity contribution in [2.75, 3.05) is 47.5 Å². The Morgan fingerprint density at radius 1 is 0.312 bits per heavy atom. The summed E-state index contributed by atoms with van der Waals surface area (Å²) >= 11 is 0. The molecule has 0 heterocycles. The van der Waals surface area contributed by atoms with Gasteiger partial charge in [-0.15, -0.1) is 0 Å². The number of allylic oxidation sites excluding steroid dienone is 4. The average molecular weight is 1360 g/mol. The Kier molecular flexibility index (Phi) is 76.7. The van der Waals surface area contributed by atoms with E-state index in [2.05, 4.69) is 38.2 Å². The SMILES string of the molecule is CCCCCCC/C=C\C/C=C\CCCCCCCCCCCCCCCCCCCCCCCCCCCC(=O)OC(COC(=O)CCCCCCCCCCCCCCCCCCCCCCCCCCCCCCCCCCCC)COC(OCC[N+](C)(C)C)C(=O)O. The molecule has 0 aromatic heterocycles. The summed E-state index contributed by atoms with van der Waals surface area (Å²) in [6.07, 6.45) is 98.0. The number of carbonyl (C=O) groups excluding carboxylic acids is 2. The number of ether oxygens (including phenoxy) is 4. The van der Waals surface area contributed by atoms with E-state index in [0.717, 1.165) is 44.9 Å². The van der Waals surface area contributed by atoms with Gasteiger partial charge in [-0.2, -0.15) is 0 Å². The summed E-state index contributed by atoms with van der Waals surface area (Å²) in [7, 11) is 6.01. The third kappa shape index (κ3) is 79.1. The monoisotopic (exact) mass is 1360 g/mol. The fraction of sp³-hybridized carbons (Fsp3) is 0.920. The molecular weight excluding hydrogens is 1190 g/mol. The van der Waals surface area contributed by atoms with Gasteiger partial charge in [0.05, 0.1) is 34.4 Å². The van der Waals surface area contributed by atoms with Crippen LogP contribution in [0.4, 0.5) is 0 Å². The third-order valence-electron chi connectivity index (χ3n) is 20.0. The van der Waals surface area contributed by atoms with Crippen molar-refractivity contribution in [3.05, 3.63) is 24.3 Å². The van der Waals surface area contributed by atoms with Gasteiger partial charge >= 0.3 is 17.9 Å². The molecule has 0 bridgehead atoms. The molecular formula is C87H168NO8+. The van der Waals surface area contributed by atoms with Gasteiger partial charge in [0.2, 0.25) is 0 Å². The maximum Gasteiger partial charge on any atom is 0.361 e. The van der Waals surface area contributed by atoms with Crippen LogP contribution in [0.5, 0.6) is 0 Å². The number of esters is 2. The molecule has 0 radical (unpaired) electrons. The van der Waals surface area contributed by atoms with Crippen LogP contribution in [0.3, 0.4) is 0 Å². The number of likely N-dealkylation sites (N-methyl/N-ethyl adjacent to an activating group) is 1. The lowest BCUT2D eigenvalue weighted by Crippen LogP contribution is -2.40. The van der Waals surface area contributed by atoms with Crippen molar-refractivity contribution in [1.29, 1.82) is 0 Å². The molecule has 0 saturated carbocycles. The maximum atomic E-state index is 13.0. The summed E-state index contributed by atoms with van der Waals surface area (Å²) in [6.45, 7) is 4.97. The van der Waals surface area contributed by atoms with Crippen molar-refractivity contribution in [3.63, 3.8) is 0 Å². The Hall–Kier alpha value is -2.23. The molecule has 0 rings (SSSR count). The smallest absolute Gasteiger partial charge is 0.361 e. The van der Waals surface area contributed by atoms with E-state index >= 15 is 0 Å². The number of hydrogen-bond acceptors (Lipinski definition) is 7. The first-order valence-corrected chi connectivity index (χ1v) is 43.0. The van der Waals surface area contributed by atoms with E-state index in [4.69, 9.17) is 18.9 Å². The molecule has 2 unspecified atom stereocenters. The zero-order chi connectivity index (χ0) is 69.7. The largest absolute Gasteiger partial charge is 0.477 e. The molecule has 0 aliphatic heterocycles. The van der Waals surface area contributed by atoms with E-state index in [1.54, 1.807) is 0 Å². The first-order chi connectivity index (χ1) is 47.1. The highest BCUT2D eigenvalue weighted by Crippen LogP contribution is 2.21. The minimum atomic E-state index is -1.51. The van der Waals surface area contributed by atoms with E-state index in [1.807, 2.05) is 21.1 Å². The van der Waals surface area contributed by atoms with Crippen LogP contribution in [0.1, 0.15) is 457 Å². The minimum absolute atomic E-state index is 0.173. The summed E-state index contributed by atoms with van der Waals surface area (Å²) in [6, 6.07) is 0. The van der Waals surface area contributed by atoms with Crippen LogP contribution >= 0.6 is 0 Å². The molecule has 0 amide bonds. The van der Waals surface area contributed by atoms with Gasteiger partial charge in [-0.1, -0.05) is 423 Å². The van der Waals surface area contributed by atoms with Gasteiger partial charge in [0.1, 0.15) is 13.2 Å². The van der Waals surface area contributed by atoms with Crippen LogP contribution in [0, 0.1) is 0 Å². The van der Waals surface area contributed by atoms with E-state index in [0.29, 0.717) is 17.4 Å². The average Bonchev–Trinajstić information content (AvgIpc) is 2.74. The second kappa shape index (κ2) is 78.5. The number of nitrogens with zero attached hydrogens (tertiary/aromatic N) is 1. The number of rotatable bonds is 82. The van der Waals surface area contributed by atoms with Gasteiger partial charge in [0.15, 0.2) is 6.10 Å². The van der Waals surface area contributed by atoms with Crippen molar-refractivity contribution in [3.8, 4) is 0 Å². The van der Waals surface area contributed by atoms with Gasteiger partial charge in [-0.25, -0.2) is 4.79 Å². The van der Waals surface area contributed by atoms with Gasteiger partial charge in [-0.05, 0) is 44.9 Å². The molecule has 568 valence electrons. The molecule has 0 saturated heterocycles. The topological polar surface area (TPSA) is 108 Å². The number of hydrogen-bond donors (Lipinski definition) is 1. The van der Waals surface area contributed by atoms with Crippen LogP contribution in [0.2, 0.25) is 0 Å². The number of aliphatic carboxylic acids is 1. The number of carboxylic acid groups (broad SMARTS) is 1. The summed E-state index contributed by atoms with van der Waals surface area (Å²) in [5.74, 6) is -1.96. The lowest BCUT2D eigenvalue weighted by molar-refractivity contribution is -0.870. The molecule has 0 aromatic carbocycles. The van der Waals surface area contributed by atoms with Crippen molar-refractivity contribution >= 4 is 17.9 Å². The van der Waals surface area contributed by atoms with Crippen molar-refractivity contribution in [2.24, 2.45) is 0 Å². The zero-order valence-electron chi connectivity index (χ0n) is 65.3. The summed E-state index contributed by atoms with van der Waals surface area (Å²) < 4.78 is 23.1. The van der Waals surface area contributed by atoms with Crippen molar-refractivity contribution in [2.45, 2.75) is 469 Å². The second-order valence-corrected chi connectivity index (χ2v) is 30.9. The molecule has 0 aliphatic carbocycles. The standard InChI is InChI=1S/C87H167NO8/c1-6-8-10-12-14-16-18-20-22-24-26-28-30-32-34-36-38-40-42-43-44-46-48-50-52-54-56-58-60-62-64-66-68-70-72-74-76-78-85(90)96-83(82-95-87(86(91)92)93-80-79-88(3,4)5)81-94-84(89)77-75-73-71-69-67-65-63-61-59-57-55-53-51-49-47-45-41-39-37-35-33-31-29-27-25-23-21-19-17-15-13-11-9-7-2/h18,20,24,26,83,87H,6-17,19,21-23,25,27-82H2,1-5H3/p+1/b20-18-,26-24-. The molecule has 9 nitrogen and oxygen atoms in total. The van der Waals surface area contributed by atoms with E-state index < -0.39 is 18.4 Å². The van der Waals surface area contributed by atoms with Crippen LogP contribution in [0.15, 0.2) is 24.3 Å². The Morgan fingerprint density at radius 3 is 0.823 bits per heavy atom. The van der Waals surface area contributed by atoms with Crippen molar-refractivity contribution < 1.29 is 42.9 Å². The Bertz CT molecular complexity index is 1630. The molecule has 0 aromatic rings. The first-order valence-electron chi connectivity index (χ1n) is 43.0.